The number of rotatable bonds is 8. The quantitative estimate of drug-likeness (QED) is 0.494. The molecular formula is C25H24N4O4. The van der Waals surface area contributed by atoms with E-state index in [1.165, 1.54) is 11.0 Å². The standard InChI is InChI=1S/C25H24N4O4/c1-28(2)24(31)10-12-33-25(32)16-19-6-3-5-18(13-19)15-22-23(30)9-11-29(27-22)21-8-4-7-20(14-21)17-26/h3-9,11,13-14H,10,12,15-16H2,1-2H3. The second-order valence-electron chi connectivity index (χ2n) is 7.67. The maximum Gasteiger partial charge on any atom is 0.310 e. The number of nitriles is 1. The lowest BCUT2D eigenvalue weighted by Crippen LogP contribution is -2.23. The van der Waals surface area contributed by atoms with Gasteiger partial charge in [-0.05, 0) is 29.3 Å². The first-order chi connectivity index (χ1) is 15.9. The van der Waals surface area contributed by atoms with E-state index in [0.717, 1.165) is 11.1 Å². The predicted octanol–water partition coefficient (Wildman–Crippen LogP) is 2.26. The Hall–Kier alpha value is -4.25. The minimum Gasteiger partial charge on any atom is -0.465 e. The van der Waals surface area contributed by atoms with Gasteiger partial charge in [-0.1, -0.05) is 30.3 Å². The molecule has 33 heavy (non-hydrogen) atoms. The number of amides is 1. The highest BCUT2D eigenvalue weighted by molar-refractivity contribution is 5.76. The maximum atomic E-state index is 12.4. The molecule has 0 atom stereocenters. The third-order valence-electron chi connectivity index (χ3n) is 4.91. The van der Waals surface area contributed by atoms with Crippen LogP contribution in [0.2, 0.25) is 0 Å². The average molecular weight is 444 g/mol. The van der Waals surface area contributed by atoms with Crippen LogP contribution in [0.15, 0.2) is 65.6 Å². The molecular weight excluding hydrogens is 420 g/mol. The van der Waals surface area contributed by atoms with Crippen LogP contribution in [0.5, 0.6) is 0 Å². The molecule has 0 aliphatic carbocycles. The summed E-state index contributed by atoms with van der Waals surface area (Å²) in [6.07, 6.45) is 2.06. The molecule has 1 aromatic heterocycles. The molecule has 0 N–H and O–H groups in total. The number of hydrogen-bond donors (Lipinski definition) is 0. The number of benzene rings is 2. The maximum absolute atomic E-state index is 12.4. The minimum absolute atomic E-state index is 0.0377. The topological polar surface area (TPSA) is 105 Å². The molecule has 1 heterocycles. The van der Waals surface area contributed by atoms with Crippen molar-refractivity contribution in [3.05, 3.63) is 93.4 Å². The second-order valence-corrected chi connectivity index (χ2v) is 7.67. The highest BCUT2D eigenvalue weighted by atomic mass is 16.5. The number of aromatic nitrogens is 2. The number of esters is 1. The summed E-state index contributed by atoms with van der Waals surface area (Å²) < 4.78 is 6.72. The van der Waals surface area contributed by atoms with E-state index in [-0.39, 0.29) is 37.2 Å². The fraction of sp³-hybridized carbons (Fsp3) is 0.240. The van der Waals surface area contributed by atoms with Gasteiger partial charge in [0.2, 0.25) is 11.3 Å². The molecule has 8 nitrogen and oxygen atoms in total. The first-order valence-electron chi connectivity index (χ1n) is 10.4. The number of nitrogens with zero attached hydrogens (tertiary/aromatic N) is 4. The third kappa shape index (κ3) is 6.61. The normalized spacial score (nSPS) is 10.3. The SMILES string of the molecule is CN(C)C(=O)CCOC(=O)Cc1cccc(Cc2nn(-c3cccc(C#N)c3)ccc2=O)c1. The Balaban J connectivity index is 1.69. The zero-order valence-electron chi connectivity index (χ0n) is 18.5. The first kappa shape index (κ1) is 23.4. The molecule has 0 saturated carbocycles. The fourth-order valence-corrected chi connectivity index (χ4v) is 3.17. The van der Waals surface area contributed by atoms with Gasteiger partial charge < -0.3 is 9.64 Å². The van der Waals surface area contributed by atoms with Crippen molar-refractivity contribution < 1.29 is 14.3 Å². The zero-order chi connectivity index (χ0) is 23.8. The molecule has 0 radical (unpaired) electrons. The van der Waals surface area contributed by atoms with E-state index in [1.807, 2.05) is 18.2 Å². The molecule has 0 unspecified atom stereocenters. The van der Waals surface area contributed by atoms with Gasteiger partial charge in [0.05, 0.1) is 30.2 Å². The molecule has 0 bridgehead atoms. The van der Waals surface area contributed by atoms with Crippen molar-refractivity contribution in [2.75, 3.05) is 20.7 Å². The van der Waals surface area contributed by atoms with Crippen molar-refractivity contribution in [3.8, 4) is 11.8 Å². The Morgan fingerprint density at radius 2 is 1.85 bits per heavy atom. The van der Waals surface area contributed by atoms with E-state index in [9.17, 15) is 14.4 Å². The Labute approximate surface area is 191 Å². The Morgan fingerprint density at radius 3 is 2.61 bits per heavy atom. The highest BCUT2D eigenvalue weighted by Gasteiger charge is 2.10. The number of ether oxygens (including phenoxy) is 1. The van der Waals surface area contributed by atoms with Crippen molar-refractivity contribution in [2.45, 2.75) is 19.3 Å². The van der Waals surface area contributed by atoms with Crippen LogP contribution < -0.4 is 5.43 Å². The van der Waals surface area contributed by atoms with Gasteiger partial charge in [-0.25, -0.2) is 4.68 Å². The summed E-state index contributed by atoms with van der Waals surface area (Å²) >= 11 is 0. The van der Waals surface area contributed by atoms with Gasteiger partial charge in [-0.3, -0.25) is 14.4 Å². The molecule has 168 valence electrons. The van der Waals surface area contributed by atoms with Crippen LogP contribution in [0.3, 0.4) is 0 Å². The third-order valence-corrected chi connectivity index (χ3v) is 4.91. The van der Waals surface area contributed by atoms with Crippen molar-refractivity contribution in [1.29, 1.82) is 5.26 Å². The van der Waals surface area contributed by atoms with Gasteiger partial charge in [0, 0.05) is 32.8 Å². The van der Waals surface area contributed by atoms with Crippen molar-refractivity contribution in [2.24, 2.45) is 0 Å². The minimum atomic E-state index is -0.420. The van der Waals surface area contributed by atoms with Gasteiger partial charge in [0.15, 0.2) is 0 Å². The fourth-order valence-electron chi connectivity index (χ4n) is 3.17. The molecule has 0 aliphatic heterocycles. The Kier molecular flexibility index (Phi) is 7.71. The summed E-state index contributed by atoms with van der Waals surface area (Å²) in [5.41, 5.74) is 2.91. The molecule has 1 amide bonds. The largest absolute Gasteiger partial charge is 0.465 e. The van der Waals surface area contributed by atoms with Crippen molar-refractivity contribution in [1.82, 2.24) is 14.7 Å². The van der Waals surface area contributed by atoms with Crippen LogP contribution in [-0.2, 0) is 27.2 Å². The summed E-state index contributed by atoms with van der Waals surface area (Å²) in [4.78, 5) is 37.5. The van der Waals surface area contributed by atoms with Gasteiger partial charge in [0.25, 0.3) is 0 Å². The molecule has 2 aromatic carbocycles. The van der Waals surface area contributed by atoms with Crippen LogP contribution in [0.25, 0.3) is 5.69 Å². The zero-order valence-corrected chi connectivity index (χ0v) is 18.5. The van der Waals surface area contributed by atoms with Crippen molar-refractivity contribution in [3.63, 3.8) is 0 Å². The highest BCUT2D eigenvalue weighted by Crippen LogP contribution is 2.12. The first-order valence-corrected chi connectivity index (χ1v) is 10.4. The molecule has 0 saturated heterocycles. The summed E-state index contributed by atoms with van der Waals surface area (Å²) in [5.74, 6) is -0.526. The number of carbonyl (C=O) groups is 2. The average Bonchev–Trinajstić information content (AvgIpc) is 2.80. The van der Waals surface area contributed by atoms with Crippen molar-refractivity contribution >= 4 is 11.9 Å². The molecule has 0 spiro atoms. The summed E-state index contributed by atoms with van der Waals surface area (Å²) in [6, 6.07) is 17.8. The molecule has 0 fully saturated rings. The monoisotopic (exact) mass is 444 g/mol. The van der Waals surface area contributed by atoms with E-state index >= 15 is 0 Å². The van der Waals surface area contributed by atoms with Crippen LogP contribution in [0, 0.1) is 11.3 Å². The molecule has 0 aliphatic rings. The number of hydrogen-bond acceptors (Lipinski definition) is 6. The molecule has 8 heteroatoms. The molecule has 3 rings (SSSR count). The lowest BCUT2D eigenvalue weighted by atomic mass is 10.0. The van der Waals surface area contributed by atoms with Crippen LogP contribution >= 0.6 is 0 Å². The summed E-state index contributed by atoms with van der Waals surface area (Å²) in [7, 11) is 3.30. The van der Waals surface area contributed by atoms with E-state index in [2.05, 4.69) is 11.2 Å². The summed E-state index contributed by atoms with van der Waals surface area (Å²) in [5, 5.41) is 13.5. The van der Waals surface area contributed by atoms with E-state index in [1.54, 1.807) is 55.3 Å². The van der Waals surface area contributed by atoms with Crippen LogP contribution in [0.1, 0.15) is 28.8 Å². The van der Waals surface area contributed by atoms with E-state index in [4.69, 9.17) is 10.00 Å². The lowest BCUT2D eigenvalue weighted by molar-refractivity contribution is -0.144. The number of carbonyl (C=O) groups excluding carboxylic acids is 2. The van der Waals surface area contributed by atoms with Gasteiger partial charge >= 0.3 is 5.97 Å². The summed E-state index contributed by atoms with van der Waals surface area (Å²) in [6.45, 7) is 0.0377. The lowest BCUT2D eigenvalue weighted by Gasteiger charge is -2.10. The Morgan fingerprint density at radius 1 is 1.09 bits per heavy atom. The van der Waals surface area contributed by atoms with Gasteiger partial charge in [-0.2, -0.15) is 10.4 Å². The van der Waals surface area contributed by atoms with Crippen LogP contribution in [-0.4, -0.2) is 47.3 Å². The molecule has 3 aromatic rings. The van der Waals surface area contributed by atoms with Crippen LogP contribution in [0.4, 0.5) is 0 Å². The predicted molar refractivity (Wildman–Crippen MR) is 122 cm³/mol. The van der Waals surface area contributed by atoms with E-state index in [0.29, 0.717) is 16.9 Å². The smallest absolute Gasteiger partial charge is 0.310 e. The van der Waals surface area contributed by atoms with E-state index < -0.39 is 5.97 Å². The second kappa shape index (κ2) is 10.9. The van der Waals surface area contributed by atoms with Gasteiger partial charge in [-0.15, -0.1) is 0 Å². The Bertz CT molecular complexity index is 1260. The van der Waals surface area contributed by atoms with Gasteiger partial charge in [0.1, 0.15) is 12.3 Å².